The highest BCUT2D eigenvalue weighted by Gasteiger charge is 2.42. The Hall–Kier alpha value is -0.850. The number of piperidine rings is 1. The Kier molecular flexibility index (Phi) is 7.03. The summed E-state index contributed by atoms with van der Waals surface area (Å²) in [4.78, 5) is 27.8. The van der Waals surface area contributed by atoms with Gasteiger partial charge in [-0.05, 0) is 69.6 Å². The number of nitrogens with one attached hydrogen (secondary N) is 1. The van der Waals surface area contributed by atoms with Gasteiger partial charge in [0.05, 0.1) is 0 Å². The number of ether oxygens (including phenoxy) is 1. The summed E-state index contributed by atoms with van der Waals surface area (Å²) in [5, 5.41) is 3.36. The number of rotatable bonds is 3. The van der Waals surface area contributed by atoms with Crippen molar-refractivity contribution < 1.29 is 14.3 Å². The van der Waals surface area contributed by atoms with Crippen molar-refractivity contribution in [3.05, 3.63) is 0 Å². The molecule has 4 aliphatic rings. The van der Waals surface area contributed by atoms with E-state index in [4.69, 9.17) is 10.5 Å². The Bertz CT molecular complexity index is 527. The number of amides is 2. The van der Waals surface area contributed by atoms with Crippen LogP contribution < -0.4 is 11.1 Å². The molecule has 4 atom stereocenters. The van der Waals surface area contributed by atoms with Gasteiger partial charge in [0.1, 0.15) is 12.1 Å². The lowest BCUT2D eigenvalue weighted by Gasteiger charge is -2.46. The first-order valence-electron chi connectivity index (χ1n) is 10.6. The number of nitrogens with two attached hydrogens (primary N) is 1. The predicted octanol–water partition coefficient (Wildman–Crippen LogP) is 1.99. The maximum Gasteiger partial charge on any atom is 0.252 e. The van der Waals surface area contributed by atoms with Gasteiger partial charge in [-0.1, -0.05) is 6.42 Å². The molecular formula is C20H34ClN3O3. The summed E-state index contributed by atoms with van der Waals surface area (Å²) in [5.74, 6) is 1.08. The smallest absolute Gasteiger partial charge is 0.252 e. The number of carbonyl (C=O) groups is 2. The molecular weight excluding hydrogens is 366 g/mol. The van der Waals surface area contributed by atoms with Crippen LogP contribution in [0.5, 0.6) is 0 Å². The van der Waals surface area contributed by atoms with E-state index >= 15 is 0 Å². The largest absolute Gasteiger partial charge is 0.368 e. The van der Waals surface area contributed by atoms with Crippen LogP contribution in [0.4, 0.5) is 0 Å². The highest BCUT2D eigenvalue weighted by atomic mass is 35.5. The lowest BCUT2D eigenvalue weighted by atomic mass is 9.67. The molecule has 3 N–H and O–H groups in total. The van der Waals surface area contributed by atoms with Crippen LogP contribution >= 0.6 is 12.4 Å². The zero-order valence-electron chi connectivity index (χ0n) is 16.1. The minimum Gasteiger partial charge on any atom is -0.368 e. The molecule has 4 rings (SSSR count). The van der Waals surface area contributed by atoms with Gasteiger partial charge in [-0.15, -0.1) is 12.4 Å². The van der Waals surface area contributed by atoms with E-state index in [2.05, 4.69) is 5.32 Å². The first-order chi connectivity index (χ1) is 12.6. The van der Waals surface area contributed by atoms with Crippen molar-refractivity contribution in [1.82, 2.24) is 10.2 Å². The third kappa shape index (κ3) is 4.43. The van der Waals surface area contributed by atoms with Gasteiger partial charge in [0.15, 0.2) is 0 Å². The fourth-order valence-electron chi connectivity index (χ4n) is 5.71. The maximum atomic E-state index is 13.1. The standard InChI is InChI=1S/C20H33N3O3.ClH/c21-15-11-13-5-3-6-14(12-15)18(13)22-19(24)16-7-1-2-9-23(16)20(25)17-8-4-10-26-17;/h13-18H,1-12,21H2,(H,22,24);1H. The fourth-order valence-corrected chi connectivity index (χ4v) is 5.71. The van der Waals surface area contributed by atoms with Crippen LogP contribution in [0.3, 0.4) is 0 Å². The Morgan fingerprint density at radius 3 is 2.37 bits per heavy atom. The quantitative estimate of drug-likeness (QED) is 0.760. The van der Waals surface area contributed by atoms with Crippen molar-refractivity contribution in [1.29, 1.82) is 0 Å². The first kappa shape index (κ1) is 20.9. The minimum absolute atomic E-state index is 0. The fraction of sp³-hybridized carbons (Fsp3) is 0.900. The van der Waals surface area contributed by atoms with Gasteiger partial charge in [-0.2, -0.15) is 0 Å². The number of hydrogen-bond acceptors (Lipinski definition) is 4. The lowest BCUT2D eigenvalue weighted by molar-refractivity contribution is -0.150. The molecule has 154 valence electrons. The molecule has 0 aromatic rings. The number of halogens is 1. The third-order valence-electron chi connectivity index (χ3n) is 6.98. The van der Waals surface area contributed by atoms with E-state index in [9.17, 15) is 9.59 Å². The second-order valence-electron chi connectivity index (χ2n) is 8.76. The van der Waals surface area contributed by atoms with Crippen LogP contribution in [-0.2, 0) is 14.3 Å². The number of likely N-dealkylation sites (tertiary alicyclic amines) is 1. The molecule has 2 bridgehead atoms. The van der Waals surface area contributed by atoms with Gasteiger partial charge in [-0.25, -0.2) is 0 Å². The Labute approximate surface area is 168 Å². The van der Waals surface area contributed by atoms with E-state index in [-0.39, 0.29) is 48.5 Å². The van der Waals surface area contributed by atoms with Crippen LogP contribution in [0, 0.1) is 11.8 Å². The van der Waals surface area contributed by atoms with E-state index in [1.807, 2.05) is 0 Å². The van der Waals surface area contributed by atoms with E-state index in [0.717, 1.165) is 44.9 Å². The molecule has 2 saturated carbocycles. The SMILES string of the molecule is Cl.NC1CC2CCCC(C1)C2NC(=O)C1CCCCN1C(=O)C1CCCO1. The van der Waals surface area contributed by atoms with Gasteiger partial charge in [0.2, 0.25) is 5.91 Å². The van der Waals surface area contributed by atoms with Crippen molar-refractivity contribution in [2.75, 3.05) is 13.2 Å². The maximum absolute atomic E-state index is 13.1. The number of nitrogens with zero attached hydrogens (tertiary/aromatic N) is 1. The van der Waals surface area contributed by atoms with Gasteiger partial charge in [0.25, 0.3) is 5.91 Å². The third-order valence-corrected chi connectivity index (χ3v) is 6.98. The zero-order valence-corrected chi connectivity index (χ0v) is 16.9. The molecule has 0 spiro atoms. The molecule has 2 aliphatic carbocycles. The van der Waals surface area contributed by atoms with Gasteiger partial charge in [-0.3, -0.25) is 9.59 Å². The molecule has 2 aliphatic heterocycles. The summed E-state index contributed by atoms with van der Waals surface area (Å²) in [6, 6.07) is 0.208. The highest BCUT2D eigenvalue weighted by Crippen LogP contribution is 2.39. The van der Waals surface area contributed by atoms with Crippen LogP contribution in [0.25, 0.3) is 0 Å². The van der Waals surface area contributed by atoms with E-state index in [1.54, 1.807) is 4.90 Å². The van der Waals surface area contributed by atoms with Crippen molar-refractivity contribution in [2.45, 2.75) is 88.4 Å². The summed E-state index contributed by atoms with van der Waals surface area (Å²) in [5.41, 5.74) is 6.21. The van der Waals surface area contributed by atoms with Gasteiger partial charge < -0.3 is 20.7 Å². The molecule has 27 heavy (non-hydrogen) atoms. The van der Waals surface area contributed by atoms with E-state index in [1.165, 1.54) is 19.3 Å². The molecule has 7 heteroatoms. The lowest BCUT2D eigenvalue weighted by Crippen LogP contribution is -2.60. The van der Waals surface area contributed by atoms with Crippen molar-refractivity contribution in [3.8, 4) is 0 Å². The predicted molar refractivity (Wildman–Crippen MR) is 106 cm³/mol. The molecule has 2 amide bonds. The second kappa shape index (κ2) is 9.10. The molecule has 6 nitrogen and oxygen atoms in total. The molecule has 2 saturated heterocycles. The monoisotopic (exact) mass is 399 g/mol. The zero-order chi connectivity index (χ0) is 18.1. The number of fused-ring (bicyclic) bond motifs is 2. The second-order valence-corrected chi connectivity index (χ2v) is 8.76. The van der Waals surface area contributed by atoms with Crippen LogP contribution in [-0.4, -0.2) is 54.1 Å². The van der Waals surface area contributed by atoms with Crippen molar-refractivity contribution in [3.63, 3.8) is 0 Å². The molecule has 0 radical (unpaired) electrons. The Balaban J connectivity index is 0.00000210. The summed E-state index contributed by atoms with van der Waals surface area (Å²) in [6.07, 6.45) is 9.76. The van der Waals surface area contributed by atoms with Crippen LogP contribution in [0.15, 0.2) is 0 Å². The van der Waals surface area contributed by atoms with Crippen LogP contribution in [0.1, 0.15) is 64.2 Å². The van der Waals surface area contributed by atoms with Gasteiger partial charge >= 0.3 is 0 Å². The van der Waals surface area contributed by atoms with E-state index in [0.29, 0.717) is 25.0 Å². The normalized spacial score (nSPS) is 38.8. The average molecular weight is 400 g/mol. The minimum atomic E-state index is -0.338. The molecule has 4 fully saturated rings. The summed E-state index contributed by atoms with van der Waals surface area (Å²) in [6.45, 7) is 1.34. The number of hydrogen-bond donors (Lipinski definition) is 2. The van der Waals surface area contributed by atoms with Crippen molar-refractivity contribution >= 4 is 24.2 Å². The Morgan fingerprint density at radius 1 is 0.963 bits per heavy atom. The molecule has 0 aromatic heterocycles. The topological polar surface area (TPSA) is 84.7 Å². The molecule has 2 heterocycles. The average Bonchev–Trinajstić information content (AvgIpc) is 3.16. The van der Waals surface area contributed by atoms with Gasteiger partial charge in [0, 0.05) is 25.2 Å². The molecule has 4 unspecified atom stereocenters. The first-order valence-corrected chi connectivity index (χ1v) is 10.6. The Morgan fingerprint density at radius 2 is 1.70 bits per heavy atom. The summed E-state index contributed by atoms with van der Waals surface area (Å²) < 4.78 is 5.58. The highest BCUT2D eigenvalue weighted by molar-refractivity contribution is 5.90. The summed E-state index contributed by atoms with van der Waals surface area (Å²) in [7, 11) is 0. The summed E-state index contributed by atoms with van der Waals surface area (Å²) >= 11 is 0. The van der Waals surface area contributed by atoms with E-state index < -0.39 is 0 Å². The van der Waals surface area contributed by atoms with Crippen LogP contribution in [0.2, 0.25) is 0 Å². The number of carbonyl (C=O) groups excluding carboxylic acids is 2. The van der Waals surface area contributed by atoms with Crippen molar-refractivity contribution in [2.24, 2.45) is 17.6 Å². The molecule has 0 aromatic carbocycles.